The summed E-state index contributed by atoms with van der Waals surface area (Å²) in [6.07, 6.45) is 8.35. The van der Waals surface area contributed by atoms with Gasteiger partial charge in [-0.05, 0) is 25.0 Å². The van der Waals surface area contributed by atoms with Gasteiger partial charge in [-0.1, -0.05) is 43.6 Å². The molecule has 1 atom stereocenters. The second-order valence-electron chi connectivity index (χ2n) is 6.19. The molecule has 1 saturated heterocycles. The van der Waals surface area contributed by atoms with Crippen LogP contribution in [-0.4, -0.2) is 23.3 Å². The van der Waals surface area contributed by atoms with E-state index >= 15 is 0 Å². The Balaban J connectivity index is 1.71. The predicted molar refractivity (Wildman–Crippen MR) is 87.7 cm³/mol. The molecule has 4 heteroatoms. The van der Waals surface area contributed by atoms with Crippen molar-refractivity contribution in [1.82, 2.24) is 0 Å². The molecule has 3 rings (SSSR count). The van der Waals surface area contributed by atoms with E-state index in [9.17, 15) is 0 Å². The molecule has 1 aliphatic heterocycles. The van der Waals surface area contributed by atoms with Gasteiger partial charge in [0.1, 0.15) is 16.8 Å². The molecule has 0 amide bonds. The lowest BCUT2D eigenvalue weighted by Gasteiger charge is -2.43. The monoisotopic (exact) mass is 305 g/mol. The Morgan fingerprint density at radius 1 is 1.24 bits per heavy atom. The lowest BCUT2D eigenvalue weighted by molar-refractivity contribution is -0.129. The number of rotatable bonds is 3. The first-order chi connectivity index (χ1) is 10.2. The van der Waals surface area contributed by atoms with Gasteiger partial charge in [-0.15, -0.1) is 0 Å². The van der Waals surface area contributed by atoms with Crippen LogP contribution in [0.1, 0.15) is 50.5 Å². The summed E-state index contributed by atoms with van der Waals surface area (Å²) in [6, 6.07) is 7.78. The van der Waals surface area contributed by atoms with Crippen molar-refractivity contribution in [1.29, 1.82) is 0 Å². The number of thiocarbonyl (C=S) groups is 1. The SMILES string of the molecule is NC(=S)c1ccccc1OC1CCOC2(CCCCC2)C1. The second-order valence-corrected chi connectivity index (χ2v) is 6.63. The van der Waals surface area contributed by atoms with Crippen molar-refractivity contribution >= 4 is 17.2 Å². The second kappa shape index (κ2) is 6.32. The van der Waals surface area contributed by atoms with Gasteiger partial charge in [0.2, 0.25) is 0 Å². The van der Waals surface area contributed by atoms with Crippen molar-refractivity contribution in [2.24, 2.45) is 5.73 Å². The first-order valence-corrected chi connectivity index (χ1v) is 8.29. The lowest BCUT2D eigenvalue weighted by atomic mass is 9.79. The Hall–Kier alpha value is -1.13. The Morgan fingerprint density at radius 3 is 2.76 bits per heavy atom. The van der Waals surface area contributed by atoms with E-state index in [-0.39, 0.29) is 11.7 Å². The van der Waals surface area contributed by atoms with Crippen LogP contribution >= 0.6 is 12.2 Å². The van der Waals surface area contributed by atoms with Gasteiger partial charge in [-0.25, -0.2) is 0 Å². The van der Waals surface area contributed by atoms with Crippen LogP contribution in [0, 0.1) is 0 Å². The van der Waals surface area contributed by atoms with Gasteiger partial charge in [-0.2, -0.15) is 0 Å². The van der Waals surface area contributed by atoms with Gasteiger partial charge in [0, 0.05) is 12.8 Å². The molecule has 1 aromatic rings. The highest BCUT2D eigenvalue weighted by Gasteiger charge is 2.39. The summed E-state index contributed by atoms with van der Waals surface area (Å²) >= 11 is 5.11. The molecule has 21 heavy (non-hydrogen) atoms. The van der Waals surface area contributed by atoms with Gasteiger partial charge >= 0.3 is 0 Å². The molecule has 1 heterocycles. The van der Waals surface area contributed by atoms with Crippen molar-refractivity contribution < 1.29 is 9.47 Å². The minimum Gasteiger partial charge on any atom is -0.489 e. The van der Waals surface area contributed by atoms with Crippen LogP contribution in [0.5, 0.6) is 5.75 Å². The van der Waals surface area contributed by atoms with Crippen LogP contribution in [0.25, 0.3) is 0 Å². The molecular formula is C17H23NO2S. The molecule has 1 aromatic carbocycles. The summed E-state index contributed by atoms with van der Waals surface area (Å²) < 4.78 is 12.3. The molecule has 1 aliphatic carbocycles. The number of hydrogen-bond donors (Lipinski definition) is 1. The first-order valence-electron chi connectivity index (χ1n) is 7.88. The summed E-state index contributed by atoms with van der Waals surface area (Å²) in [5.74, 6) is 0.808. The summed E-state index contributed by atoms with van der Waals surface area (Å²) in [6.45, 7) is 0.792. The van der Waals surface area contributed by atoms with E-state index in [2.05, 4.69) is 0 Å². The molecule has 1 unspecified atom stereocenters. The Morgan fingerprint density at radius 2 is 2.00 bits per heavy atom. The van der Waals surface area contributed by atoms with E-state index in [0.717, 1.165) is 30.8 Å². The number of hydrogen-bond acceptors (Lipinski definition) is 3. The number of para-hydroxylation sites is 1. The van der Waals surface area contributed by atoms with Gasteiger partial charge in [0.15, 0.2) is 0 Å². The summed E-state index contributed by atoms with van der Waals surface area (Å²) in [5.41, 5.74) is 6.67. The third-order valence-corrected chi connectivity index (χ3v) is 4.88. The van der Waals surface area contributed by atoms with Gasteiger partial charge in [0.05, 0.1) is 17.8 Å². The van der Waals surface area contributed by atoms with Crippen LogP contribution in [-0.2, 0) is 4.74 Å². The number of benzene rings is 1. The summed E-state index contributed by atoms with van der Waals surface area (Å²) in [4.78, 5) is 0.394. The van der Waals surface area contributed by atoms with Gasteiger partial charge < -0.3 is 15.2 Å². The maximum Gasteiger partial charge on any atom is 0.129 e. The van der Waals surface area contributed by atoms with E-state index in [0.29, 0.717) is 4.99 Å². The third kappa shape index (κ3) is 3.38. The van der Waals surface area contributed by atoms with Gasteiger partial charge in [-0.3, -0.25) is 0 Å². The fourth-order valence-corrected chi connectivity index (χ4v) is 3.75. The van der Waals surface area contributed by atoms with Crippen LogP contribution in [0.15, 0.2) is 24.3 Å². The van der Waals surface area contributed by atoms with Crippen molar-refractivity contribution in [3.63, 3.8) is 0 Å². The Bertz CT molecular complexity index is 506. The van der Waals surface area contributed by atoms with E-state index < -0.39 is 0 Å². The molecule has 2 N–H and O–H groups in total. The molecule has 0 aromatic heterocycles. The predicted octanol–water partition coefficient (Wildman–Crippen LogP) is 3.58. The standard InChI is InChI=1S/C17H23NO2S/c18-16(21)14-6-2-3-7-15(14)20-13-8-11-19-17(12-13)9-4-1-5-10-17/h2-3,6-7,13H,1,4-5,8-12H2,(H2,18,21). The third-order valence-electron chi connectivity index (χ3n) is 4.66. The molecule has 2 aliphatic rings. The van der Waals surface area contributed by atoms with Crippen LogP contribution in [0.2, 0.25) is 0 Å². The van der Waals surface area contributed by atoms with Crippen molar-refractivity contribution in [3.05, 3.63) is 29.8 Å². The highest BCUT2D eigenvalue weighted by molar-refractivity contribution is 7.80. The molecule has 3 nitrogen and oxygen atoms in total. The summed E-state index contributed by atoms with van der Waals surface area (Å²) in [5, 5.41) is 0. The smallest absolute Gasteiger partial charge is 0.129 e. The zero-order valence-electron chi connectivity index (χ0n) is 12.3. The minimum atomic E-state index is 0.0549. The highest BCUT2D eigenvalue weighted by Crippen LogP contribution is 2.39. The molecule has 114 valence electrons. The van der Waals surface area contributed by atoms with E-state index in [1.807, 2.05) is 24.3 Å². The lowest BCUT2D eigenvalue weighted by Crippen LogP contribution is -2.45. The first kappa shape index (κ1) is 14.8. The zero-order valence-corrected chi connectivity index (χ0v) is 13.2. The Labute approximate surface area is 131 Å². The minimum absolute atomic E-state index is 0.0549. The summed E-state index contributed by atoms with van der Waals surface area (Å²) in [7, 11) is 0. The van der Waals surface area contributed by atoms with Gasteiger partial charge in [0.25, 0.3) is 0 Å². The maximum absolute atomic E-state index is 6.23. The topological polar surface area (TPSA) is 44.5 Å². The van der Waals surface area contributed by atoms with Crippen LogP contribution < -0.4 is 10.5 Å². The normalized spacial score (nSPS) is 24.7. The fraction of sp³-hybridized carbons (Fsp3) is 0.588. The van der Waals surface area contributed by atoms with Crippen molar-refractivity contribution in [2.75, 3.05) is 6.61 Å². The zero-order chi connectivity index (χ0) is 14.7. The average Bonchev–Trinajstić information content (AvgIpc) is 2.48. The van der Waals surface area contributed by atoms with Crippen LogP contribution in [0.4, 0.5) is 0 Å². The molecule has 0 radical (unpaired) electrons. The van der Waals surface area contributed by atoms with Crippen molar-refractivity contribution in [2.45, 2.75) is 56.7 Å². The molecule has 1 saturated carbocycles. The largest absolute Gasteiger partial charge is 0.489 e. The Kier molecular flexibility index (Phi) is 4.45. The number of nitrogens with two attached hydrogens (primary N) is 1. The van der Waals surface area contributed by atoms with E-state index in [1.165, 1.54) is 32.1 Å². The van der Waals surface area contributed by atoms with Crippen LogP contribution in [0.3, 0.4) is 0 Å². The molecule has 2 fully saturated rings. The maximum atomic E-state index is 6.23. The number of ether oxygens (including phenoxy) is 2. The van der Waals surface area contributed by atoms with E-state index in [1.54, 1.807) is 0 Å². The quantitative estimate of drug-likeness (QED) is 0.867. The van der Waals surface area contributed by atoms with Crippen molar-refractivity contribution in [3.8, 4) is 5.75 Å². The fourth-order valence-electron chi connectivity index (χ4n) is 3.58. The average molecular weight is 305 g/mol. The van der Waals surface area contributed by atoms with E-state index in [4.69, 9.17) is 27.4 Å². The highest BCUT2D eigenvalue weighted by atomic mass is 32.1. The molecule has 0 bridgehead atoms. The molecule has 1 spiro atoms. The molecular weight excluding hydrogens is 282 g/mol.